The molecule has 0 saturated carbocycles. The van der Waals surface area contributed by atoms with E-state index in [2.05, 4.69) is 16.9 Å². The zero-order chi connectivity index (χ0) is 22.4. The van der Waals surface area contributed by atoms with Crippen molar-refractivity contribution in [2.24, 2.45) is 0 Å². The Morgan fingerprint density at radius 2 is 1.91 bits per heavy atom. The second-order valence-corrected chi connectivity index (χ2v) is 10.1. The zero-order valence-electron chi connectivity index (χ0n) is 18.7. The average molecular weight is 453 g/mol. The molecule has 4 heterocycles. The van der Waals surface area contributed by atoms with Crippen molar-refractivity contribution in [3.8, 4) is 11.4 Å². The van der Waals surface area contributed by atoms with Crippen LogP contribution in [0.4, 0.5) is 0 Å². The number of rotatable bonds is 5. The van der Waals surface area contributed by atoms with E-state index in [1.54, 1.807) is 22.8 Å². The lowest BCUT2D eigenvalue weighted by Gasteiger charge is -2.36. The minimum atomic E-state index is -0.0997. The summed E-state index contributed by atoms with van der Waals surface area (Å²) in [5.41, 5.74) is 1.33. The molecule has 7 nitrogen and oxygen atoms in total. The Hall–Kier alpha value is -2.71. The predicted octanol–water partition coefficient (Wildman–Crippen LogP) is 3.43. The summed E-state index contributed by atoms with van der Waals surface area (Å²) in [6, 6.07) is 10.9. The molecule has 2 fully saturated rings. The molecular weight excluding hydrogens is 424 g/mol. The summed E-state index contributed by atoms with van der Waals surface area (Å²) in [6.45, 7) is 2.00. The van der Waals surface area contributed by atoms with Gasteiger partial charge in [-0.15, -0.1) is 11.3 Å². The lowest BCUT2D eigenvalue weighted by atomic mass is 10.0. The van der Waals surface area contributed by atoms with Crippen molar-refractivity contribution in [3.63, 3.8) is 0 Å². The van der Waals surface area contributed by atoms with Crippen molar-refractivity contribution in [1.29, 1.82) is 0 Å². The molecule has 168 valence electrons. The molecule has 0 aliphatic carbocycles. The van der Waals surface area contributed by atoms with Gasteiger partial charge >= 0.3 is 0 Å². The Labute approximate surface area is 191 Å². The molecular formula is C24H28N4O3S. The first-order valence-corrected chi connectivity index (χ1v) is 11.9. The first-order valence-electron chi connectivity index (χ1n) is 11.1. The molecule has 8 heteroatoms. The lowest BCUT2D eigenvalue weighted by Crippen LogP contribution is -2.43. The number of fused-ring (bicyclic) bond motifs is 3. The van der Waals surface area contributed by atoms with E-state index in [0.717, 1.165) is 29.2 Å². The number of piperidine rings is 1. The molecule has 0 N–H and O–H groups in total. The Balaban J connectivity index is 1.33. The first kappa shape index (κ1) is 21.2. The first-order chi connectivity index (χ1) is 15.4. The molecule has 32 heavy (non-hydrogen) atoms. The van der Waals surface area contributed by atoms with Gasteiger partial charge in [-0.05, 0) is 63.1 Å². The van der Waals surface area contributed by atoms with E-state index < -0.39 is 0 Å². The fourth-order valence-corrected chi connectivity index (χ4v) is 6.00. The van der Waals surface area contributed by atoms with E-state index >= 15 is 0 Å². The smallest absolute Gasteiger partial charge is 0.275 e. The predicted molar refractivity (Wildman–Crippen MR) is 126 cm³/mol. The molecule has 1 amide bonds. The van der Waals surface area contributed by atoms with Gasteiger partial charge in [0, 0.05) is 30.9 Å². The van der Waals surface area contributed by atoms with E-state index in [4.69, 9.17) is 4.74 Å². The van der Waals surface area contributed by atoms with Gasteiger partial charge < -0.3 is 14.5 Å². The minimum absolute atomic E-state index is 0.0111. The number of carbonyl (C=O) groups excluding carboxylic acids is 1. The van der Waals surface area contributed by atoms with Gasteiger partial charge in [0.05, 0.1) is 17.7 Å². The highest BCUT2D eigenvalue weighted by Crippen LogP contribution is 2.36. The second kappa shape index (κ2) is 8.33. The highest BCUT2D eigenvalue weighted by atomic mass is 32.1. The van der Waals surface area contributed by atoms with Crippen LogP contribution >= 0.6 is 11.3 Å². The van der Waals surface area contributed by atoms with Crippen LogP contribution in [0.5, 0.6) is 5.75 Å². The Kier molecular flexibility index (Phi) is 5.51. The maximum atomic E-state index is 13.1. The summed E-state index contributed by atoms with van der Waals surface area (Å²) in [5, 5.41) is 0. The number of aromatic nitrogens is 2. The molecule has 0 unspecified atom stereocenters. The number of carbonyl (C=O) groups is 1. The van der Waals surface area contributed by atoms with Crippen LogP contribution in [0.15, 0.2) is 41.5 Å². The third kappa shape index (κ3) is 3.93. The molecule has 2 aromatic heterocycles. The summed E-state index contributed by atoms with van der Waals surface area (Å²) < 4.78 is 8.44. The lowest BCUT2D eigenvalue weighted by molar-refractivity contribution is -0.128. The Morgan fingerprint density at radius 1 is 1.22 bits per heavy atom. The third-order valence-electron chi connectivity index (χ3n) is 6.89. The van der Waals surface area contributed by atoms with Crippen LogP contribution in [-0.2, 0) is 11.3 Å². The van der Waals surface area contributed by atoms with Crippen LogP contribution < -0.4 is 10.3 Å². The number of nitrogens with zero attached hydrogens (tertiary/aromatic N) is 4. The summed E-state index contributed by atoms with van der Waals surface area (Å²) in [7, 11) is 3.98. The highest BCUT2D eigenvalue weighted by Gasteiger charge is 2.39. The van der Waals surface area contributed by atoms with Gasteiger partial charge in [-0.25, -0.2) is 4.98 Å². The monoisotopic (exact) mass is 452 g/mol. The largest absolute Gasteiger partial charge is 0.490 e. The van der Waals surface area contributed by atoms with Gasteiger partial charge in [0.1, 0.15) is 22.9 Å². The second-order valence-electron chi connectivity index (χ2n) is 8.98. The number of thiophene rings is 1. The average Bonchev–Trinajstić information content (AvgIpc) is 3.25. The van der Waals surface area contributed by atoms with Gasteiger partial charge in [0.2, 0.25) is 5.91 Å². The fraction of sp³-hybridized carbons (Fsp3) is 0.458. The van der Waals surface area contributed by atoms with E-state index in [0.29, 0.717) is 28.8 Å². The number of benzene rings is 1. The van der Waals surface area contributed by atoms with Gasteiger partial charge in [-0.2, -0.15) is 0 Å². The van der Waals surface area contributed by atoms with E-state index in [1.165, 1.54) is 31.1 Å². The SMILES string of the molecule is CC(=O)N(C)Cc1cc2ncn(-c3ccc(O[C@H]4C[C@H]5CC[C@@H](C4)N5C)cc3)c(=O)c2s1. The molecule has 1 aromatic carbocycles. The molecule has 3 atom stereocenters. The standard InChI is InChI=1S/C24H28N4O3S/c1-15(29)26(2)13-21-12-22-23(32-21)24(30)28(14-25-22)16-6-8-19(9-7-16)31-20-10-17-4-5-18(11-20)27(17)3/h6-9,12,14,17-18,20H,4-5,10-11,13H2,1-3H3/t17-,18+,20+. The maximum absolute atomic E-state index is 13.1. The van der Waals surface area contributed by atoms with E-state index in [9.17, 15) is 9.59 Å². The van der Waals surface area contributed by atoms with Crippen LogP contribution in [-0.4, -0.2) is 57.5 Å². The summed E-state index contributed by atoms with van der Waals surface area (Å²) in [6.07, 6.45) is 6.53. The fourth-order valence-electron chi connectivity index (χ4n) is 4.90. The molecule has 0 radical (unpaired) electrons. The molecule has 5 rings (SSSR count). The number of ether oxygens (including phenoxy) is 1. The van der Waals surface area contributed by atoms with Crippen LogP contribution in [0.3, 0.4) is 0 Å². The van der Waals surface area contributed by atoms with Crippen molar-refractivity contribution < 1.29 is 9.53 Å². The maximum Gasteiger partial charge on any atom is 0.275 e. The topological polar surface area (TPSA) is 67.7 Å². The van der Waals surface area contributed by atoms with E-state index in [-0.39, 0.29) is 17.6 Å². The van der Waals surface area contributed by atoms with Crippen LogP contribution in [0.1, 0.15) is 37.5 Å². The van der Waals surface area contributed by atoms with Crippen molar-refractivity contribution >= 4 is 27.5 Å². The normalized spacial score (nSPS) is 22.9. The number of hydrogen-bond acceptors (Lipinski definition) is 6. The van der Waals surface area contributed by atoms with Gasteiger partial charge in [-0.3, -0.25) is 14.2 Å². The molecule has 3 aromatic rings. The van der Waals surface area contributed by atoms with Crippen molar-refractivity contribution in [1.82, 2.24) is 19.4 Å². The Bertz CT molecular complexity index is 1190. The summed E-state index contributed by atoms with van der Waals surface area (Å²) in [4.78, 5) is 34.1. The van der Waals surface area contributed by atoms with Crippen LogP contribution in [0, 0.1) is 0 Å². The quantitative estimate of drug-likeness (QED) is 0.593. The van der Waals surface area contributed by atoms with Crippen LogP contribution in [0.25, 0.3) is 15.9 Å². The summed E-state index contributed by atoms with van der Waals surface area (Å²) >= 11 is 1.39. The van der Waals surface area contributed by atoms with Crippen molar-refractivity contribution in [2.45, 2.75) is 57.3 Å². The molecule has 2 aliphatic rings. The van der Waals surface area contributed by atoms with Gasteiger partial charge in [0.25, 0.3) is 5.56 Å². The number of amides is 1. The Morgan fingerprint density at radius 3 is 2.56 bits per heavy atom. The van der Waals surface area contributed by atoms with Gasteiger partial charge in [0.15, 0.2) is 0 Å². The minimum Gasteiger partial charge on any atom is -0.490 e. The number of hydrogen-bond donors (Lipinski definition) is 0. The third-order valence-corrected chi connectivity index (χ3v) is 7.99. The van der Waals surface area contributed by atoms with Crippen molar-refractivity contribution in [3.05, 3.63) is 51.9 Å². The molecule has 2 aliphatic heterocycles. The highest BCUT2D eigenvalue weighted by molar-refractivity contribution is 7.18. The molecule has 2 bridgehead atoms. The van der Waals surface area contributed by atoms with E-state index in [1.807, 2.05) is 30.3 Å². The molecule has 0 spiro atoms. The van der Waals surface area contributed by atoms with Gasteiger partial charge in [-0.1, -0.05) is 0 Å². The zero-order valence-corrected chi connectivity index (χ0v) is 19.5. The molecule has 2 saturated heterocycles. The van der Waals surface area contributed by atoms with Crippen LogP contribution in [0.2, 0.25) is 0 Å². The summed E-state index contributed by atoms with van der Waals surface area (Å²) in [5.74, 6) is 0.832. The van der Waals surface area contributed by atoms with Crippen molar-refractivity contribution in [2.75, 3.05) is 14.1 Å².